The zero-order valence-corrected chi connectivity index (χ0v) is 13.1. The third-order valence-electron chi connectivity index (χ3n) is 4.14. The van der Waals surface area contributed by atoms with E-state index in [1.807, 2.05) is 35.7 Å². The molecule has 22 heavy (non-hydrogen) atoms. The minimum atomic E-state index is -0.217. The Morgan fingerprint density at radius 3 is 2.86 bits per heavy atom. The maximum absolute atomic E-state index is 12.2. The molecule has 0 saturated heterocycles. The van der Waals surface area contributed by atoms with Gasteiger partial charge in [0.25, 0.3) is 0 Å². The van der Waals surface area contributed by atoms with Gasteiger partial charge in [-0.15, -0.1) is 11.3 Å². The highest BCUT2D eigenvalue weighted by atomic mass is 32.1. The monoisotopic (exact) mass is 316 g/mol. The van der Waals surface area contributed by atoms with Gasteiger partial charge in [-0.2, -0.15) is 0 Å². The number of nitrogens with zero attached hydrogens (tertiary/aromatic N) is 1. The molecule has 2 N–H and O–H groups in total. The number of hydrogen-bond donors (Lipinski definition) is 2. The number of aliphatic hydroxyl groups is 1. The smallest absolute Gasteiger partial charge is 0.225 e. The summed E-state index contributed by atoms with van der Waals surface area (Å²) in [5.41, 5.74) is 0.977. The van der Waals surface area contributed by atoms with Crippen molar-refractivity contribution in [2.45, 2.75) is 37.8 Å². The molecule has 2 aromatic rings. The molecule has 1 fully saturated rings. The molecule has 0 aromatic carbocycles. The van der Waals surface area contributed by atoms with Gasteiger partial charge >= 0.3 is 0 Å². The first-order chi connectivity index (χ1) is 10.7. The lowest BCUT2D eigenvalue weighted by Crippen LogP contribution is -2.48. The number of carbonyl (C=O) groups excluding carboxylic acids is 1. The third kappa shape index (κ3) is 3.93. The van der Waals surface area contributed by atoms with Crippen LogP contribution in [0, 0.1) is 5.92 Å². The normalized spacial score (nSPS) is 21.9. The predicted molar refractivity (Wildman–Crippen MR) is 86.6 cm³/mol. The first-order valence-corrected chi connectivity index (χ1v) is 8.48. The van der Waals surface area contributed by atoms with Crippen molar-refractivity contribution >= 4 is 17.2 Å². The lowest BCUT2D eigenvalue weighted by atomic mass is 9.76. The second-order valence-electron chi connectivity index (χ2n) is 5.84. The van der Waals surface area contributed by atoms with Crippen LogP contribution in [0.3, 0.4) is 0 Å². The molecular formula is C17H20N2O2S. The van der Waals surface area contributed by atoms with Crippen LogP contribution >= 0.6 is 11.3 Å². The molecule has 2 aromatic heterocycles. The van der Waals surface area contributed by atoms with E-state index in [9.17, 15) is 9.90 Å². The Bertz CT molecular complexity index is 594. The quantitative estimate of drug-likeness (QED) is 0.859. The van der Waals surface area contributed by atoms with Crippen LogP contribution in [-0.4, -0.2) is 28.1 Å². The summed E-state index contributed by atoms with van der Waals surface area (Å²) < 4.78 is 0. The van der Waals surface area contributed by atoms with Crippen molar-refractivity contribution in [3.63, 3.8) is 0 Å². The summed E-state index contributed by atoms with van der Waals surface area (Å²) in [6, 6.07) is 9.81. The van der Waals surface area contributed by atoms with Crippen LogP contribution in [0.25, 0.3) is 0 Å². The zero-order chi connectivity index (χ0) is 15.4. The first-order valence-electron chi connectivity index (χ1n) is 7.60. The number of thiophene rings is 1. The molecule has 0 bridgehead atoms. The molecule has 1 aliphatic carbocycles. The van der Waals surface area contributed by atoms with Crippen molar-refractivity contribution in [1.29, 1.82) is 0 Å². The van der Waals surface area contributed by atoms with E-state index in [1.54, 1.807) is 17.5 Å². The standard InChI is InChI=1S/C17H20N2O2S/c20-14-8-12(9-14)16(10-13-4-1-2-6-18-13)19-17(21)11-15-5-3-7-22-15/h1-7,12,14,16,20H,8-11H2,(H,19,21)/t12?,14?,16-/m1/s1. The maximum Gasteiger partial charge on any atom is 0.225 e. The molecule has 3 rings (SSSR count). The Morgan fingerprint density at radius 2 is 2.23 bits per heavy atom. The molecule has 1 saturated carbocycles. The van der Waals surface area contributed by atoms with Gasteiger partial charge in [0.2, 0.25) is 5.91 Å². The average Bonchev–Trinajstić information content (AvgIpc) is 2.97. The van der Waals surface area contributed by atoms with Crippen LogP contribution in [0.1, 0.15) is 23.4 Å². The fourth-order valence-corrected chi connectivity index (χ4v) is 3.57. The van der Waals surface area contributed by atoms with Crippen molar-refractivity contribution in [1.82, 2.24) is 10.3 Å². The third-order valence-corrected chi connectivity index (χ3v) is 5.01. The molecule has 0 aliphatic heterocycles. The van der Waals surface area contributed by atoms with Crippen molar-refractivity contribution in [2.24, 2.45) is 5.92 Å². The number of hydrogen-bond acceptors (Lipinski definition) is 4. The average molecular weight is 316 g/mol. The Balaban J connectivity index is 1.62. The van der Waals surface area contributed by atoms with Crippen LogP contribution in [0.2, 0.25) is 0 Å². The van der Waals surface area contributed by atoms with Crippen LogP contribution in [-0.2, 0) is 17.6 Å². The molecule has 0 radical (unpaired) electrons. The summed E-state index contributed by atoms with van der Waals surface area (Å²) in [4.78, 5) is 17.7. The largest absolute Gasteiger partial charge is 0.393 e. The van der Waals surface area contributed by atoms with Crippen LogP contribution in [0.15, 0.2) is 41.9 Å². The minimum absolute atomic E-state index is 0.0461. The highest BCUT2D eigenvalue weighted by Crippen LogP contribution is 2.31. The lowest BCUT2D eigenvalue weighted by Gasteiger charge is -2.38. The fraction of sp³-hybridized carbons (Fsp3) is 0.412. The number of carbonyl (C=O) groups is 1. The van der Waals surface area contributed by atoms with Gasteiger partial charge < -0.3 is 10.4 Å². The van der Waals surface area contributed by atoms with Gasteiger partial charge in [0.1, 0.15) is 0 Å². The van der Waals surface area contributed by atoms with Crippen molar-refractivity contribution in [3.8, 4) is 0 Å². The number of amides is 1. The van der Waals surface area contributed by atoms with Crippen molar-refractivity contribution in [2.75, 3.05) is 0 Å². The number of nitrogens with one attached hydrogen (secondary N) is 1. The van der Waals surface area contributed by atoms with Gasteiger partial charge in [0.05, 0.1) is 12.5 Å². The van der Waals surface area contributed by atoms with Crippen molar-refractivity contribution in [3.05, 3.63) is 52.5 Å². The summed E-state index contributed by atoms with van der Waals surface area (Å²) in [6.07, 6.45) is 4.22. The molecule has 2 heterocycles. The SMILES string of the molecule is O=C(Cc1cccs1)N[C@H](Cc1ccccn1)C1CC(O)C1. The van der Waals surface area contributed by atoms with E-state index in [0.717, 1.165) is 23.4 Å². The number of aliphatic hydroxyl groups excluding tert-OH is 1. The number of rotatable bonds is 6. The molecule has 1 amide bonds. The lowest BCUT2D eigenvalue weighted by molar-refractivity contribution is -0.122. The summed E-state index contributed by atoms with van der Waals surface area (Å²) in [5, 5.41) is 14.7. The van der Waals surface area contributed by atoms with Gasteiger partial charge in [0.15, 0.2) is 0 Å². The molecular weight excluding hydrogens is 296 g/mol. The van der Waals surface area contributed by atoms with Crippen LogP contribution in [0.4, 0.5) is 0 Å². The van der Waals surface area contributed by atoms with Crippen LogP contribution in [0.5, 0.6) is 0 Å². The Kier molecular flexibility index (Phi) is 4.85. The highest BCUT2D eigenvalue weighted by molar-refractivity contribution is 7.10. The van der Waals surface area contributed by atoms with Gasteiger partial charge in [-0.1, -0.05) is 12.1 Å². The predicted octanol–water partition coefficient (Wildman–Crippen LogP) is 2.18. The molecule has 116 valence electrons. The van der Waals surface area contributed by atoms with E-state index in [1.165, 1.54) is 0 Å². The van der Waals surface area contributed by atoms with E-state index in [0.29, 0.717) is 18.8 Å². The summed E-state index contributed by atoms with van der Waals surface area (Å²) in [5.74, 6) is 0.383. The molecule has 1 aliphatic rings. The summed E-state index contributed by atoms with van der Waals surface area (Å²) in [7, 11) is 0. The zero-order valence-electron chi connectivity index (χ0n) is 12.3. The molecule has 0 unspecified atom stereocenters. The van der Waals surface area contributed by atoms with E-state index >= 15 is 0 Å². The summed E-state index contributed by atoms with van der Waals surface area (Å²) in [6.45, 7) is 0. The summed E-state index contributed by atoms with van der Waals surface area (Å²) >= 11 is 1.60. The van der Waals surface area contributed by atoms with Crippen LogP contribution < -0.4 is 5.32 Å². The van der Waals surface area contributed by atoms with E-state index in [4.69, 9.17) is 0 Å². The minimum Gasteiger partial charge on any atom is -0.393 e. The van der Waals surface area contributed by atoms with Crippen molar-refractivity contribution < 1.29 is 9.90 Å². The van der Waals surface area contributed by atoms with Gasteiger partial charge in [-0.25, -0.2) is 0 Å². The van der Waals surface area contributed by atoms with E-state index in [-0.39, 0.29) is 18.1 Å². The Labute approximate surface area is 134 Å². The fourth-order valence-electron chi connectivity index (χ4n) is 2.87. The molecule has 1 atom stereocenters. The Morgan fingerprint density at radius 1 is 1.36 bits per heavy atom. The maximum atomic E-state index is 12.2. The van der Waals surface area contributed by atoms with Gasteiger partial charge in [-0.05, 0) is 42.3 Å². The van der Waals surface area contributed by atoms with Gasteiger partial charge in [-0.3, -0.25) is 9.78 Å². The number of aromatic nitrogens is 1. The Hall–Kier alpha value is -1.72. The molecule has 4 nitrogen and oxygen atoms in total. The first kappa shape index (κ1) is 15.2. The van der Waals surface area contributed by atoms with E-state index < -0.39 is 0 Å². The van der Waals surface area contributed by atoms with Gasteiger partial charge in [0, 0.05) is 29.2 Å². The highest BCUT2D eigenvalue weighted by Gasteiger charge is 2.34. The number of pyridine rings is 1. The second kappa shape index (κ2) is 7.03. The van der Waals surface area contributed by atoms with E-state index in [2.05, 4.69) is 10.3 Å². The second-order valence-corrected chi connectivity index (χ2v) is 6.87. The topological polar surface area (TPSA) is 62.2 Å². The molecule has 5 heteroatoms. The molecule has 0 spiro atoms.